The van der Waals surface area contributed by atoms with Crippen molar-refractivity contribution in [2.45, 2.75) is 25.7 Å². The number of carbonyl (C=O) groups excluding carboxylic acids is 1. The van der Waals surface area contributed by atoms with Crippen LogP contribution in [0.5, 0.6) is 11.5 Å². The molecule has 0 spiro atoms. The fourth-order valence-corrected chi connectivity index (χ4v) is 4.25. The van der Waals surface area contributed by atoms with Crippen LogP contribution in [0.3, 0.4) is 0 Å². The molecular weight excluding hydrogens is 360 g/mol. The Morgan fingerprint density at radius 2 is 1.74 bits per heavy atom. The predicted molar refractivity (Wildman–Crippen MR) is 109 cm³/mol. The monoisotopic (exact) mass is 384 g/mol. The lowest BCUT2D eigenvalue weighted by Gasteiger charge is -2.31. The topological polar surface area (TPSA) is 50.8 Å². The van der Waals surface area contributed by atoms with Gasteiger partial charge in [-0.2, -0.15) is 11.8 Å². The largest absolute Gasteiger partial charge is 0.482 e. The van der Waals surface area contributed by atoms with Crippen molar-refractivity contribution in [1.29, 1.82) is 0 Å². The predicted octanol–water partition coefficient (Wildman–Crippen LogP) is 3.08. The molecule has 27 heavy (non-hydrogen) atoms. The van der Waals surface area contributed by atoms with Crippen LogP contribution in [0.25, 0.3) is 0 Å². The highest BCUT2D eigenvalue weighted by atomic mass is 32.2. The molecular formula is C21H24N2O3S. The highest BCUT2D eigenvalue weighted by Gasteiger charge is 2.33. The third-order valence-corrected chi connectivity index (χ3v) is 5.82. The van der Waals surface area contributed by atoms with Crippen molar-refractivity contribution in [1.82, 2.24) is 5.32 Å². The Morgan fingerprint density at radius 1 is 1.07 bits per heavy atom. The summed E-state index contributed by atoms with van der Waals surface area (Å²) in [6.07, 6.45) is -0.982. The third-order valence-electron chi connectivity index (χ3n) is 4.88. The molecule has 6 heteroatoms. The van der Waals surface area contributed by atoms with Crippen molar-refractivity contribution in [3.8, 4) is 11.5 Å². The van der Waals surface area contributed by atoms with E-state index in [9.17, 15) is 4.79 Å². The minimum Gasteiger partial charge on any atom is -0.482 e. The Kier molecular flexibility index (Phi) is 5.43. The molecule has 1 N–H and O–H groups in total. The number of fused-ring (bicyclic) bond motifs is 1. The molecule has 0 radical (unpaired) electrons. The van der Waals surface area contributed by atoms with Crippen LogP contribution in [-0.2, 0) is 11.3 Å². The number of para-hydroxylation sites is 2. The first-order valence-corrected chi connectivity index (χ1v) is 10.5. The van der Waals surface area contributed by atoms with Crippen molar-refractivity contribution in [2.75, 3.05) is 29.5 Å². The van der Waals surface area contributed by atoms with E-state index in [2.05, 4.69) is 34.5 Å². The number of hydrogen-bond donors (Lipinski definition) is 1. The molecule has 2 aliphatic heterocycles. The van der Waals surface area contributed by atoms with Crippen LogP contribution in [0.2, 0.25) is 0 Å². The number of benzene rings is 2. The second-order valence-electron chi connectivity index (χ2n) is 6.79. The van der Waals surface area contributed by atoms with E-state index >= 15 is 0 Å². The van der Waals surface area contributed by atoms with Crippen molar-refractivity contribution in [3.63, 3.8) is 0 Å². The molecule has 2 heterocycles. The van der Waals surface area contributed by atoms with Crippen LogP contribution >= 0.6 is 11.8 Å². The molecule has 2 aliphatic rings. The summed E-state index contributed by atoms with van der Waals surface area (Å²) in [5.74, 6) is 3.50. The molecule has 1 fully saturated rings. The average molecular weight is 385 g/mol. The summed E-state index contributed by atoms with van der Waals surface area (Å²) in [6, 6.07) is 15.9. The van der Waals surface area contributed by atoms with Crippen LogP contribution in [0.15, 0.2) is 48.5 Å². The lowest BCUT2D eigenvalue weighted by atomic mass is 10.1. The van der Waals surface area contributed by atoms with E-state index in [4.69, 9.17) is 9.47 Å². The van der Waals surface area contributed by atoms with E-state index in [1.54, 1.807) is 0 Å². The Hall–Kier alpha value is -2.34. The van der Waals surface area contributed by atoms with Crippen LogP contribution in [-0.4, -0.2) is 42.7 Å². The number of anilines is 1. The lowest BCUT2D eigenvalue weighted by Crippen LogP contribution is -2.48. The summed E-state index contributed by atoms with van der Waals surface area (Å²) in [6.45, 7) is 4.52. The Morgan fingerprint density at radius 3 is 2.44 bits per heavy atom. The molecule has 1 amide bonds. The van der Waals surface area contributed by atoms with Crippen molar-refractivity contribution >= 4 is 23.4 Å². The van der Waals surface area contributed by atoms with Gasteiger partial charge in [0.2, 0.25) is 6.10 Å². The summed E-state index contributed by atoms with van der Waals surface area (Å²) in [7, 11) is 0. The fourth-order valence-electron chi connectivity index (χ4n) is 3.34. The Balaban J connectivity index is 1.34. The zero-order valence-electron chi connectivity index (χ0n) is 15.4. The minimum absolute atomic E-state index is 0.158. The molecule has 4 rings (SSSR count). The van der Waals surface area contributed by atoms with Gasteiger partial charge in [-0.25, -0.2) is 0 Å². The lowest BCUT2D eigenvalue weighted by molar-refractivity contribution is -0.133. The van der Waals surface area contributed by atoms with Crippen LogP contribution in [0, 0.1) is 0 Å². The number of rotatable bonds is 4. The maximum Gasteiger partial charge on any atom is 0.265 e. The quantitative estimate of drug-likeness (QED) is 0.878. The molecule has 0 saturated carbocycles. The molecule has 0 aliphatic carbocycles. The van der Waals surface area contributed by atoms with E-state index in [0.29, 0.717) is 18.0 Å². The second kappa shape index (κ2) is 8.13. The van der Waals surface area contributed by atoms with Gasteiger partial charge in [-0.15, -0.1) is 0 Å². The van der Waals surface area contributed by atoms with E-state index in [-0.39, 0.29) is 12.0 Å². The number of amides is 1. The number of hydrogen-bond acceptors (Lipinski definition) is 5. The van der Waals surface area contributed by atoms with Crippen molar-refractivity contribution in [2.24, 2.45) is 0 Å². The summed E-state index contributed by atoms with van der Waals surface area (Å²) in [5.41, 5.74) is 2.32. The first-order valence-electron chi connectivity index (χ1n) is 9.32. The third kappa shape index (κ3) is 4.16. The van der Waals surface area contributed by atoms with Gasteiger partial charge in [-0.3, -0.25) is 4.79 Å². The minimum atomic E-state index is -0.648. The van der Waals surface area contributed by atoms with Gasteiger partial charge in [0, 0.05) is 36.8 Å². The fraction of sp³-hybridized carbons (Fsp3) is 0.381. The summed E-state index contributed by atoms with van der Waals surface area (Å²) >= 11 is 2.01. The Labute approximate surface area is 164 Å². The van der Waals surface area contributed by atoms with E-state index in [0.717, 1.165) is 18.7 Å². The van der Waals surface area contributed by atoms with E-state index in [1.165, 1.54) is 17.2 Å². The number of thioether (sulfide) groups is 1. The van der Waals surface area contributed by atoms with Gasteiger partial charge in [0.05, 0.1) is 0 Å². The molecule has 142 valence electrons. The van der Waals surface area contributed by atoms with Gasteiger partial charge in [-0.1, -0.05) is 24.3 Å². The smallest absolute Gasteiger partial charge is 0.265 e. The standard InChI is InChI=1S/C21H24N2O3S/c1-15-20(26-19-5-3-2-4-18(19)25-15)21(24)22-14-16-6-8-17(9-7-16)23-10-12-27-13-11-23/h2-9,15,20H,10-14H2,1H3,(H,22,24)/t15-,20+/m1/s1. The van der Waals surface area contributed by atoms with Gasteiger partial charge in [0.15, 0.2) is 11.5 Å². The molecule has 0 aromatic heterocycles. The Bertz CT molecular complexity index is 790. The highest BCUT2D eigenvalue weighted by molar-refractivity contribution is 7.99. The molecule has 2 atom stereocenters. The number of ether oxygens (including phenoxy) is 2. The maximum atomic E-state index is 12.6. The van der Waals surface area contributed by atoms with Crippen molar-refractivity contribution < 1.29 is 14.3 Å². The number of carbonyl (C=O) groups is 1. The highest BCUT2D eigenvalue weighted by Crippen LogP contribution is 2.33. The van der Waals surface area contributed by atoms with Crippen molar-refractivity contribution in [3.05, 3.63) is 54.1 Å². The number of nitrogens with one attached hydrogen (secondary N) is 1. The van der Waals surface area contributed by atoms with Crippen LogP contribution in [0.1, 0.15) is 12.5 Å². The maximum absolute atomic E-state index is 12.6. The van der Waals surface area contributed by atoms with Crippen LogP contribution in [0.4, 0.5) is 5.69 Å². The van der Waals surface area contributed by atoms with Gasteiger partial charge >= 0.3 is 0 Å². The summed E-state index contributed by atoms with van der Waals surface area (Å²) in [4.78, 5) is 15.0. The molecule has 2 aromatic rings. The number of nitrogens with zero attached hydrogens (tertiary/aromatic N) is 1. The molecule has 0 unspecified atom stereocenters. The zero-order valence-corrected chi connectivity index (χ0v) is 16.2. The van der Waals surface area contributed by atoms with Gasteiger partial charge in [0.25, 0.3) is 5.91 Å². The SMILES string of the molecule is C[C@H]1Oc2ccccc2O[C@@H]1C(=O)NCc1ccc(N2CCSCC2)cc1. The first kappa shape index (κ1) is 18.0. The zero-order chi connectivity index (χ0) is 18.6. The average Bonchev–Trinajstić information content (AvgIpc) is 2.72. The second-order valence-corrected chi connectivity index (χ2v) is 8.02. The molecule has 2 aromatic carbocycles. The van der Waals surface area contributed by atoms with Gasteiger partial charge in [0.1, 0.15) is 6.10 Å². The summed E-state index contributed by atoms with van der Waals surface area (Å²) < 4.78 is 11.7. The molecule has 0 bridgehead atoms. The molecule has 1 saturated heterocycles. The van der Waals surface area contributed by atoms with Gasteiger partial charge < -0.3 is 19.7 Å². The van der Waals surface area contributed by atoms with E-state index < -0.39 is 6.10 Å². The first-order chi connectivity index (χ1) is 13.2. The van der Waals surface area contributed by atoms with E-state index in [1.807, 2.05) is 43.0 Å². The van der Waals surface area contributed by atoms with Gasteiger partial charge in [-0.05, 0) is 36.8 Å². The van der Waals surface area contributed by atoms with Crippen LogP contribution < -0.4 is 19.7 Å². The normalized spacial score (nSPS) is 21.6. The molecule has 5 nitrogen and oxygen atoms in total. The summed E-state index contributed by atoms with van der Waals surface area (Å²) in [5, 5.41) is 2.97.